The Bertz CT molecular complexity index is 1250. The van der Waals surface area contributed by atoms with Gasteiger partial charge < -0.3 is 20.9 Å². The van der Waals surface area contributed by atoms with Crippen LogP contribution in [0.3, 0.4) is 0 Å². The number of ether oxygens (including phenoxy) is 1. The number of nitrogen functional groups attached to an aromatic ring is 1. The number of alkyl halides is 4. The van der Waals surface area contributed by atoms with Crippen molar-refractivity contribution >= 4 is 17.2 Å². The molecule has 0 radical (unpaired) electrons. The summed E-state index contributed by atoms with van der Waals surface area (Å²) in [5.74, 6) is -0.455. The maximum absolute atomic E-state index is 14.5. The number of methoxy groups -OCH3 is 1. The van der Waals surface area contributed by atoms with Gasteiger partial charge in [-0.2, -0.15) is 18.3 Å². The molecule has 0 bridgehead atoms. The van der Waals surface area contributed by atoms with Crippen molar-refractivity contribution in [3.05, 3.63) is 35.8 Å². The molecule has 3 aromatic heterocycles. The molecule has 1 aliphatic heterocycles. The third-order valence-electron chi connectivity index (χ3n) is 5.81. The van der Waals surface area contributed by atoms with Crippen LogP contribution in [0.1, 0.15) is 15.9 Å². The number of aryl methyl sites for hydroxylation is 1. The minimum Gasteiger partial charge on any atom is -0.480 e. The highest BCUT2D eigenvalue weighted by molar-refractivity contribution is 5.98. The summed E-state index contributed by atoms with van der Waals surface area (Å²) >= 11 is 0. The number of halogens is 4. The summed E-state index contributed by atoms with van der Waals surface area (Å²) < 4.78 is 59.1. The number of likely N-dealkylation sites (tertiary alicyclic amines) is 1. The fourth-order valence-electron chi connectivity index (χ4n) is 4.10. The third kappa shape index (κ3) is 4.84. The lowest BCUT2D eigenvalue weighted by molar-refractivity contribution is -0.207. The fourth-order valence-corrected chi connectivity index (χ4v) is 4.10. The van der Waals surface area contributed by atoms with Crippen LogP contribution < -0.4 is 15.8 Å². The average molecular weight is 497 g/mol. The van der Waals surface area contributed by atoms with E-state index in [1.165, 1.54) is 25.7 Å². The highest BCUT2D eigenvalue weighted by atomic mass is 19.4. The fraction of sp³-hybridized carbons (Fsp3) is 0.429. The number of anilines is 1. The van der Waals surface area contributed by atoms with Crippen LogP contribution in [-0.4, -0.2) is 86.7 Å². The molecule has 14 heteroatoms. The predicted molar refractivity (Wildman–Crippen MR) is 117 cm³/mol. The number of aliphatic hydroxyl groups excluding tert-OH is 1. The second-order valence-electron chi connectivity index (χ2n) is 8.27. The van der Waals surface area contributed by atoms with E-state index in [4.69, 9.17) is 10.5 Å². The summed E-state index contributed by atoms with van der Waals surface area (Å²) in [5.41, 5.74) is 8.42. The molecule has 10 nitrogen and oxygen atoms in total. The van der Waals surface area contributed by atoms with Crippen LogP contribution in [0, 0.1) is 6.92 Å². The van der Waals surface area contributed by atoms with Gasteiger partial charge >= 0.3 is 6.18 Å². The van der Waals surface area contributed by atoms with Crippen LogP contribution in [0.4, 0.5) is 23.4 Å². The topological polar surface area (TPSA) is 131 Å². The van der Waals surface area contributed by atoms with E-state index in [-0.39, 0.29) is 30.4 Å². The molecule has 0 aromatic carbocycles. The number of hydrogen-bond donors (Lipinski definition) is 3. The largest absolute Gasteiger partial charge is 0.480 e. The van der Waals surface area contributed by atoms with E-state index < -0.39 is 36.9 Å². The van der Waals surface area contributed by atoms with E-state index >= 15 is 0 Å². The van der Waals surface area contributed by atoms with Gasteiger partial charge in [-0.25, -0.2) is 18.9 Å². The number of nitrogens with one attached hydrogen (secondary N) is 1. The molecule has 35 heavy (non-hydrogen) atoms. The van der Waals surface area contributed by atoms with Crippen LogP contribution in [0.25, 0.3) is 16.8 Å². The summed E-state index contributed by atoms with van der Waals surface area (Å²) in [5, 5.41) is 16.0. The number of aliphatic hydroxyl groups is 1. The Hall–Kier alpha value is -3.52. The molecular formula is C21H23F4N7O3. The van der Waals surface area contributed by atoms with Crippen molar-refractivity contribution < 1.29 is 32.2 Å². The van der Waals surface area contributed by atoms with Gasteiger partial charge in [0, 0.05) is 31.4 Å². The number of hydrogen-bond acceptors (Lipinski definition) is 8. The van der Waals surface area contributed by atoms with Gasteiger partial charge in [0.25, 0.3) is 5.91 Å². The minimum absolute atomic E-state index is 0.000562. The summed E-state index contributed by atoms with van der Waals surface area (Å²) in [6.45, 7) is 0.479. The molecule has 4 rings (SSSR count). The lowest BCUT2D eigenvalue weighted by Gasteiger charge is -2.21. The molecule has 1 aliphatic rings. The summed E-state index contributed by atoms with van der Waals surface area (Å²) in [4.78, 5) is 22.3. The molecule has 188 valence electrons. The number of pyridine rings is 1. The Morgan fingerprint density at radius 2 is 2.09 bits per heavy atom. The molecular weight excluding hydrogens is 474 g/mol. The Morgan fingerprint density at radius 3 is 2.77 bits per heavy atom. The van der Waals surface area contributed by atoms with Crippen molar-refractivity contribution in [3.63, 3.8) is 0 Å². The van der Waals surface area contributed by atoms with Crippen LogP contribution in [0.5, 0.6) is 5.88 Å². The number of fused-ring (bicyclic) bond motifs is 1. The van der Waals surface area contributed by atoms with E-state index in [9.17, 15) is 27.5 Å². The van der Waals surface area contributed by atoms with Gasteiger partial charge in [-0.05, 0) is 24.6 Å². The van der Waals surface area contributed by atoms with Gasteiger partial charge in [0.15, 0.2) is 11.9 Å². The molecule has 4 heterocycles. The van der Waals surface area contributed by atoms with Gasteiger partial charge in [0.1, 0.15) is 23.6 Å². The quantitative estimate of drug-likeness (QED) is 0.436. The Labute approximate surface area is 196 Å². The monoisotopic (exact) mass is 497 g/mol. The maximum Gasteiger partial charge on any atom is 0.415 e. The molecule has 0 spiro atoms. The number of nitrogens with zero attached hydrogens (tertiary/aromatic N) is 5. The Kier molecular flexibility index (Phi) is 6.51. The second-order valence-corrected chi connectivity index (χ2v) is 8.27. The minimum atomic E-state index is -4.82. The van der Waals surface area contributed by atoms with E-state index in [2.05, 4.69) is 20.4 Å². The zero-order chi connectivity index (χ0) is 25.5. The van der Waals surface area contributed by atoms with Gasteiger partial charge in [-0.15, -0.1) is 0 Å². The van der Waals surface area contributed by atoms with E-state index in [1.54, 1.807) is 10.6 Å². The molecule has 1 fully saturated rings. The van der Waals surface area contributed by atoms with Crippen molar-refractivity contribution in [2.24, 2.45) is 0 Å². The average Bonchev–Trinajstić information content (AvgIpc) is 3.32. The standard InChI is InChI=1S/C21H23F4N7O3/c1-10-3-15(32-17(10)18(26)28-9-29-32)11-4-12(20(35-2)27-5-11)19(34)30-14-7-31(6-13(14)22)8-16(33)21(23,24)25/h3-5,9,13-14,16,33H,6-8H2,1-2H3,(H,30,34)(H2,26,28,29)/t13-,14?,16?/m0/s1. The summed E-state index contributed by atoms with van der Waals surface area (Å²) in [7, 11) is 1.32. The summed E-state index contributed by atoms with van der Waals surface area (Å²) in [6, 6.07) is 2.21. The first-order valence-electron chi connectivity index (χ1n) is 10.5. The van der Waals surface area contributed by atoms with Crippen LogP contribution in [0.15, 0.2) is 24.7 Å². The zero-order valence-electron chi connectivity index (χ0n) is 18.8. The number of carbonyl (C=O) groups is 1. The predicted octanol–water partition coefficient (Wildman–Crippen LogP) is 1.37. The molecule has 0 saturated carbocycles. The van der Waals surface area contributed by atoms with Crippen molar-refractivity contribution in [1.82, 2.24) is 29.8 Å². The van der Waals surface area contributed by atoms with Crippen molar-refractivity contribution in [2.75, 3.05) is 32.5 Å². The van der Waals surface area contributed by atoms with Crippen molar-refractivity contribution in [1.29, 1.82) is 0 Å². The maximum atomic E-state index is 14.5. The molecule has 2 unspecified atom stereocenters. The first-order chi connectivity index (χ1) is 16.5. The Morgan fingerprint density at radius 1 is 1.34 bits per heavy atom. The molecule has 3 aromatic rings. The highest BCUT2D eigenvalue weighted by Gasteiger charge is 2.42. The Balaban J connectivity index is 1.57. The number of nitrogens with two attached hydrogens (primary N) is 1. The lowest BCUT2D eigenvalue weighted by atomic mass is 10.1. The highest BCUT2D eigenvalue weighted by Crippen LogP contribution is 2.30. The van der Waals surface area contributed by atoms with Gasteiger partial charge in [0.05, 0.1) is 18.8 Å². The van der Waals surface area contributed by atoms with E-state index in [0.29, 0.717) is 16.8 Å². The number of rotatable bonds is 6. The normalized spacial score (nSPS) is 19.7. The van der Waals surface area contributed by atoms with Gasteiger partial charge in [0.2, 0.25) is 5.88 Å². The van der Waals surface area contributed by atoms with Crippen LogP contribution in [0.2, 0.25) is 0 Å². The third-order valence-corrected chi connectivity index (χ3v) is 5.81. The molecule has 1 amide bonds. The SMILES string of the molecule is COc1ncc(-c2cc(C)c3c(N)ncnn23)cc1C(=O)NC1CN(CC(O)C(F)(F)F)C[C@@H]1F. The first-order valence-corrected chi connectivity index (χ1v) is 10.5. The van der Waals surface area contributed by atoms with Crippen molar-refractivity contribution in [3.8, 4) is 17.1 Å². The zero-order valence-corrected chi connectivity index (χ0v) is 18.8. The van der Waals surface area contributed by atoms with Gasteiger partial charge in [-0.1, -0.05) is 0 Å². The van der Waals surface area contributed by atoms with Crippen molar-refractivity contribution in [2.45, 2.75) is 31.4 Å². The van der Waals surface area contributed by atoms with E-state index in [0.717, 1.165) is 10.5 Å². The van der Waals surface area contributed by atoms with Crippen LogP contribution in [-0.2, 0) is 0 Å². The molecule has 1 saturated heterocycles. The second kappa shape index (κ2) is 9.26. The lowest BCUT2D eigenvalue weighted by Crippen LogP contribution is -2.43. The number of amides is 1. The number of aromatic nitrogens is 4. The number of β-amino-alcohol motifs (C(OH)–C–C–N with tert-alkyl or cyclic N) is 1. The molecule has 4 N–H and O–H groups in total. The smallest absolute Gasteiger partial charge is 0.415 e. The summed E-state index contributed by atoms with van der Waals surface area (Å²) in [6.07, 6.45) is -6.28. The van der Waals surface area contributed by atoms with Crippen LogP contribution >= 0.6 is 0 Å². The van der Waals surface area contributed by atoms with Gasteiger partial charge in [-0.3, -0.25) is 9.69 Å². The molecule has 3 atom stereocenters. The first kappa shape index (κ1) is 24.6. The van der Waals surface area contributed by atoms with E-state index in [1.807, 2.05) is 6.92 Å². The number of carbonyl (C=O) groups excluding carboxylic acids is 1. The molecule has 0 aliphatic carbocycles.